The van der Waals surface area contributed by atoms with Crippen LogP contribution >= 0.6 is 0 Å². The molecule has 1 amide bonds. The van der Waals surface area contributed by atoms with Gasteiger partial charge >= 0.3 is 0 Å². The summed E-state index contributed by atoms with van der Waals surface area (Å²) in [6, 6.07) is 10.8. The molecule has 0 saturated heterocycles. The Morgan fingerprint density at radius 1 is 1.25 bits per heavy atom. The van der Waals surface area contributed by atoms with Gasteiger partial charge in [-0.05, 0) is 35.9 Å². The monoisotopic (exact) mass is 271 g/mol. The van der Waals surface area contributed by atoms with E-state index >= 15 is 0 Å². The first-order chi connectivity index (χ1) is 9.74. The molecule has 1 aromatic heterocycles. The first kappa shape index (κ1) is 13.9. The number of benzene rings is 1. The highest BCUT2D eigenvalue weighted by Gasteiger charge is 2.02. The molecule has 0 bridgehead atoms. The first-order valence-electron chi connectivity index (χ1n) is 6.38. The number of carbonyl (C=O) groups is 1. The quantitative estimate of drug-likeness (QED) is 0.785. The van der Waals surface area contributed by atoms with Crippen LogP contribution in [0.2, 0.25) is 0 Å². The number of nitrogens with two attached hydrogens (primary N) is 1. The summed E-state index contributed by atoms with van der Waals surface area (Å²) in [5.41, 5.74) is 7.23. The lowest BCUT2D eigenvalue weighted by Gasteiger charge is -2.07. The summed E-state index contributed by atoms with van der Waals surface area (Å²) in [5, 5.41) is 2.82. The highest BCUT2D eigenvalue weighted by Crippen LogP contribution is 2.13. The Morgan fingerprint density at radius 2 is 2.05 bits per heavy atom. The van der Waals surface area contributed by atoms with Crippen LogP contribution in [-0.2, 0) is 11.3 Å². The number of nitrogens with zero attached hydrogens (tertiary/aromatic N) is 1. The maximum Gasteiger partial charge on any atom is 0.223 e. The molecule has 5 heteroatoms. The van der Waals surface area contributed by atoms with E-state index in [4.69, 9.17) is 10.5 Å². The summed E-state index contributed by atoms with van der Waals surface area (Å²) in [7, 11) is 0. The molecule has 3 N–H and O–H groups in total. The summed E-state index contributed by atoms with van der Waals surface area (Å²) >= 11 is 0. The van der Waals surface area contributed by atoms with Crippen molar-refractivity contribution in [1.82, 2.24) is 10.3 Å². The van der Waals surface area contributed by atoms with Crippen LogP contribution in [0.15, 0.2) is 48.8 Å². The predicted octanol–water partition coefficient (Wildman–Crippen LogP) is 1.75. The Labute approximate surface area is 117 Å². The number of carbonyl (C=O) groups excluding carboxylic acids is 1. The number of nitrogen functional groups attached to an aromatic ring is 1. The third-order valence-corrected chi connectivity index (χ3v) is 2.69. The average Bonchev–Trinajstić information content (AvgIpc) is 2.48. The minimum Gasteiger partial charge on any atom is -0.493 e. The Bertz CT molecular complexity index is 541. The minimum absolute atomic E-state index is 0.0516. The second-order valence-electron chi connectivity index (χ2n) is 4.31. The largest absolute Gasteiger partial charge is 0.493 e. The van der Waals surface area contributed by atoms with Crippen LogP contribution in [0, 0.1) is 0 Å². The molecule has 2 aromatic rings. The number of anilines is 1. The van der Waals surface area contributed by atoms with Gasteiger partial charge in [-0.15, -0.1) is 0 Å². The summed E-state index contributed by atoms with van der Waals surface area (Å²) in [6.07, 6.45) is 3.74. The molecule has 20 heavy (non-hydrogen) atoms. The van der Waals surface area contributed by atoms with E-state index in [2.05, 4.69) is 10.3 Å². The lowest BCUT2D eigenvalue weighted by atomic mass is 10.3. The van der Waals surface area contributed by atoms with Crippen molar-refractivity contribution in [3.05, 3.63) is 54.4 Å². The lowest BCUT2D eigenvalue weighted by Crippen LogP contribution is -2.24. The number of hydrogen-bond donors (Lipinski definition) is 2. The van der Waals surface area contributed by atoms with Crippen molar-refractivity contribution in [1.29, 1.82) is 0 Å². The van der Waals surface area contributed by atoms with E-state index < -0.39 is 0 Å². The van der Waals surface area contributed by atoms with Crippen LogP contribution in [0.1, 0.15) is 12.0 Å². The van der Waals surface area contributed by atoms with Crippen LogP contribution in [-0.4, -0.2) is 17.5 Å². The molecule has 0 atom stereocenters. The average molecular weight is 271 g/mol. The Morgan fingerprint density at radius 3 is 2.75 bits per heavy atom. The van der Waals surface area contributed by atoms with Gasteiger partial charge in [-0.3, -0.25) is 9.78 Å². The molecule has 1 aromatic carbocycles. The molecule has 0 unspecified atom stereocenters. The number of rotatable bonds is 6. The molecule has 1 heterocycles. The van der Waals surface area contributed by atoms with Crippen LogP contribution in [0.4, 0.5) is 5.69 Å². The molecule has 104 valence electrons. The van der Waals surface area contributed by atoms with Gasteiger partial charge in [0.05, 0.1) is 13.0 Å². The Balaban J connectivity index is 1.66. The van der Waals surface area contributed by atoms with Crippen LogP contribution in [0.5, 0.6) is 5.75 Å². The normalized spacial score (nSPS) is 10.0. The van der Waals surface area contributed by atoms with Crippen molar-refractivity contribution in [3.63, 3.8) is 0 Å². The van der Waals surface area contributed by atoms with E-state index in [9.17, 15) is 4.79 Å². The van der Waals surface area contributed by atoms with Gasteiger partial charge in [-0.25, -0.2) is 0 Å². The van der Waals surface area contributed by atoms with Gasteiger partial charge in [0.25, 0.3) is 0 Å². The van der Waals surface area contributed by atoms with E-state index in [1.54, 1.807) is 36.7 Å². The Kier molecular flexibility index (Phi) is 4.94. The lowest BCUT2D eigenvalue weighted by molar-refractivity contribution is -0.121. The van der Waals surface area contributed by atoms with Crippen molar-refractivity contribution < 1.29 is 9.53 Å². The van der Waals surface area contributed by atoms with Gasteiger partial charge in [0.2, 0.25) is 5.91 Å². The van der Waals surface area contributed by atoms with Gasteiger partial charge < -0.3 is 15.8 Å². The number of ether oxygens (including phenoxy) is 1. The third kappa shape index (κ3) is 4.61. The highest BCUT2D eigenvalue weighted by molar-refractivity contribution is 5.75. The van der Waals surface area contributed by atoms with Crippen molar-refractivity contribution >= 4 is 11.6 Å². The fourth-order valence-electron chi connectivity index (χ4n) is 1.62. The van der Waals surface area contributed by atoms with Gasteiger partial charge in [-0.2, -0.15) is 0 Å². The number of pyridine rings is 1. The molecule has 0 aliphatic carbocycles. The van der Waals surface area contributed by atoms with Crippen LogP contribution < -0.4 is 15.8 Å². The predicted molar refractivity (Wildman–Crippen MR) is 77.1 cm³/mol. The molecule has 0 fully saturated rings. The number of amides is 1. The van der Waals surface area contributed by atoms with Gasteiger partial charge in [0, 0.05) is 24.6 Å². The maximum atomic E-state index is 11.6. The fourth-order valence-corrected chi connectivity index (χ4v) is 1.62. The molecule has 0 spiro atoms. The minimum atomic E-state index is -0.0516. The standard InChI is InChI=1S/C15H17N3O2/c16-13-3-5-14(6-4-13)20-9-7-15(19)18-11-12-2-1-8-17-10-12/h1-6,8,10H,7,9,11,16H2,(H,18,19). The van der Waals surface area contributed by atoms with Crippen molar-refractivity contribution in [2.24, 2.45) is 0 Å². The molecule has 0 radical (unpaired) electrons. The maximum absolute atomic E-state index is 11.6. The van der Waals surface area contributed by atoms with Crippen molar-refractivity contribution in [3.8, 4) is 5.75 Å². The van der Waals surface area contributed by atoms with E-state index in [1.165, 1.54) is 0 Å². The molecule has 0 aliphatic heterocycles. The smallest absolute Gasteiger partial charge is 0.223 e. The van der Waals surface area contributed by atoms with E-state index in [-0.39, 0.29) is 5.91 Å². The van der Waals surface area contributed by atoms with E-state index in [0.29, 0.717) is 31.0 Å². The fraction of sp³-hybridized carbons (Fsp3) is 0.200. The highest BCUT2D eigenvalue weighted by atomic mass is 16.5. The number of hydrogen-bond acceptors (Lipinski definition) is 4. The molecular weight excluding hydrogens is 254 g/mol. The number of aromatic nitrogens is 1. The van der Waals surface area contributed by atoms with Crippen LogP contribution in [0.25, 0.3) is 0 Å². The first-order valence-corrected chi connectivity index (χ1v) is 6.38. The zero-order valence-corrected chi connectivity index (χ0v) is 11.1. The summed E-state index contributed by atoms with van der Waals surface area (Å²) < 4.78 is 5.45. The van der Waals surface area contributed by atoms with Crippen molar-refractivity contribution in [2.45, 2.75) is 13.0 Å². The molecule has 0 aliphatic rings. The second-order valence-corrected chi connectivity index (χ2v) is 4.31. The van der Waals surface area contributed by atoms with Crippen molar-refractivity contribution in [2.75, 3.05) is 12.3 Å². The molecular formula is C15H17N3O2. The molecule has 0 saturated carbocycles. The third-order valence-electron chi connectivity index (χ3n) is 2.69. The SMILES string of the molecule is Nc1ccc(OCCC(=O)NCc2cccnc2)cc1. The van der Waals surface area contributed by atoms with E-state index in [0.717, 1.165) is 5.56 Å². The summed E-state index contributed by atoms with van der Waals surface area (Å²) in [4.78, 5) is 15.6. The van der Waals surface area contributed by atoms with Gasteiger partial charge in [-0.1, -0.05) is 6.07 Å². The second kappa shape index (κ2) is 7.13. The summed E-state index contributed by atoms with van der Waals surface area (Å²) in [6.45, 7) is 0.817. The summed E-state index contributed by atoms with van der Waals surface area (Å²) in [5.74, 6) is 0.656. The topological polar surface area (TPSA) is 77.2 Å². The molecule has 5 nitrogen and oxygen atoms in total. The van der Waals surface area contributed by atoms with Gasteiger partial charge in [0.15, 0.2) is 0 Å². The Hall–Kier alpha value is -2.56. The zero-order valence-electron chi connectivity index (χ0n) is 11.1. The van der Waals surface area contributed by atoms with E-state index in [1.807, 2.05) is 12.1 Å². The van der Waals surface area contributed by atoms with Gasteiger partial charge in [0.1, 0.15) is 5.75 Å². The number of nitrogens with one attached hydrogen (secondary N) is 1. The zero-order chi connectivity index (χ0) is 14.2. The van der Waals surface area contributed by atoms with Crippen LogP contribution in [0.3, 0.4) is 0 Å². The molecule has 2 rings (SSSR count).